The molecule has 0 aliphatic rings. The van der Waals surface area contributed by atoms with Crippen molar-refractivity contribution in [2.75, 3.05) is 6.61 Å². The second-order valence-corrected chi connectivity index (χ2v) is 3.62. The first-order chi connectivity index (χ1) is 7.15. The Hall–Kier alpha value is -1.24. The van der Waals surface area contributed by atoms with Crippen LogP contribution >= 0.6 is 11.6 Å². The topological polar surface area (TPSA) is 53.2 Å². The molecule has 1 atom stereocenters. The van der Waals surface area contributed by atoms with Crippen molar-refractivity contribution in [1.82, 2.24) is 0 Å². The van der Waals surface area contributed by atoms with Gasteiger partial charge >= 0.3 is 0 Å². The fourth-order valence-electron chi connectivity index (χ4n) is 1.07. The molecular formula is C11H12ClNO2. The molecule has 1 aromatic rings. The summed E-state index contributed by atoms with van der Waals surface area (Å²) in [6, 6.07) is 7.03. The number of halogens is 1. The number of ether oxygens (including phenoxy) is 1. The predicted octanol–water partition coefficient (Wildman–Crippen LogP) is 2.36. The molecule has 4 heteroatoms. The van der Waals surface area contributed by atoms with Crippen molar-refractivity contribution >= 4 is 11.6 Å². The van der Waals surface area contributed by atoms with E-state index in [1.807, 2.05) is 6.07 Å². The predicted molar refractivity (Wildman–Crippen MR) is 58.0 cm³/mol. The second kappa shape index (κ2) is 5.59. The minimum atomic E-state index is -0.408. The maximum Gasteiger partial charge on any atom is 0.138 e. The Bertz CT molecular complexity index is 371. The lowest BCUT2D eigenvalue weighted by Gasteiger charge is -2.09. The Morgan fingerprint density at radius 2 is 2.33 bits per heavy atom. The maximum absolute atomic E-state index is 9.04. The van der Waals surface area contributed by atoms with Crippen LogP contribution in [0.4, 0.5) is 0 Å². The van der Waals surface area contributed by atoms with E-state index in [2.05, 4.69) is 0 Å². The Kier molecular flexibility index (Phi) is 4.41. The number of aliphatic hydroxyl groups excluding tert-OH is 1. The van der Waals surface area contributed by atoms with Crippen LogP contribution in [0.1, 0.15) is 18.9 Å². The van der Waals surface area contributed by atoms with Gasteiger partial charge in [0.1, 0.15) is 17.4 Å². The van der Waals surface area contributed by atoms with Crippen LogP contribution in [-0.2, 0) is 0 Å². The lowest BCUT2D eigenvalue weighted by atomic mass is 10.2. The molecule has 15 heavy (non-hydrogen) atoms. The number of rotatable bonds is 4. The molecule has 0 fully saturated rings. The average molecular weight is 226 g/mol. The number of nitrogens with zero attached hydrogens (tertiary/aromatic N) is 1. The first-order valence-electron chi connectivity index (χ1n) is 4.64. The zero-order chi connectivity index (χ0) is 11.3. The zero-order valence-corrected chi connectivity index (χ0v) is 9.16. The number of hydrogen-bond acceptors (Lipinski definition) is 3. The maximum atomic E-state index is 9.04. The van der Waals surface area contributed by atoms with Crippen molar-refractivity contribution < 1.29 is 9.84 Å². The number of aliphatic hydroxyl groups is 1. The standard InChI is InChI=1S/C11H12ClNO2/c1-8(14)5-6-15-11-4-2-3-10(12)9(11)7-13/h2-4,8,14H,5-6H2,1H3. The molecule has 0 aliphatic carbocycles. The van der Waals surface area contributed by atoms with Crippen molar-refractivity contribution in [3.63, 3.8) is 0 Å². The lowest BCUT2D eigenvalue weighted by Crippen LogP contribution is -2.08. The average Bonchev–Trinajstić information content (AvgIpc) is 2.17. The molecule has 1 aromatic carbocycles. The molecule has 0 radical (unpaired) electrons. The SMILES string of the molecule is CC(O)CCOc1cccc(Cl)c1C#N. The van der Waals surface area contributed by atoms with Crippen molar-refractivity contribution in [2.24, 2.45) is 0 Å². The van der Waals surface area contributed by atoms with Gasteiger partial charge in [-0.15, -0.1) is 0 Å². The Morgan fingerprint density at radius 3 is 2.93 bits per heavy atom. The number of hydrogen-bond donors (Lipinski definition) is 1. The Morgan fingerprint density at radius 1 is 1.60 bits per heavy atom. The normalized spacial score (nSPS) is 11.9. The van der Waals surface area contributed by atoms with Gasteiger partial charge in [0.2, 0.25) is 0 Å². The number of benzene rings is 1. The van der Waals surface area contributed by atoms with Crippen LogP contribution in [0.25, 0.3) is 0 Å². The van der Waals surface area contributed by atoms with Gasteiger partial charge in [-0.1, -0.05) is 17.7 Å². The highest BCUT2D eigenvalue weighted by Gasteiger charge is 2.07. The van der Waals surface area contributed by atoms with Gasteiger partial charge in [0, 0.05) is 6.42 Å². The van der Waals surface area contributed by atoms with Gasteiger partial charge in [0.05, 0.1) is 17.7 Å². The highest BCUT2D eigenvalue weighted by Crippen LogP contribution is 2.25. The fraction of sp³-hybridized carbons (Fsp3) is 0.364. The molecule has 0 bridgehead atoms. The van der Waals surface area contributed by atoms with E-state index < -0.39 is 6.10 Å². The fourth-order valence-corrected chi connectivity index (χ4v) is 1.28. The zero-order valence-electron chi connectivity index (χ0n) is 8.40. The highest BCUT2D eigenvalue weighted by molar-refractivity contribution is 6.31. The first-order valence-corrected chi connectivity index (χ1v) is 5.02. The van der Waals surface area contributed by atoms with Gasteiger partial charge in [0.25, 0.3) is 0 Å². The summed E-state index contributed by atoms with van der Waals surface area (Å²) in [5, 5.41) is 18.3. The van der Waals surface area contributed by atoms with Crippen LogP contribution in [0.5, 0.6) is 5.75 Å². The van der Waals surface area contributed by atoms with Gasteiger partial charge in [-0.2, -0.15) is 5.26 Å². The quantitative estimate of drug-likeness (QED) is 0.856. The molecule has 1 N–H and O–H groups in total. The van der Waals surface area contributed by atoms with Crippen molar-refractivity contribution in [3.8, 4) is 11.8 Å². The molecule has 0 saturated heterocycles. The molecule has 0 spiro atoms. The summed E-state index contributed by atoms with van der Waals surface area (Å²) < 4.78 is 5.35. The summed E-state index contributed by atoms with van der Waals surface area (Å²) in [7, 11) is 0. The monoisotopic (exact) mass is 225 g/mol. The van der Waals surface area contributed by atoms with Crippen LogP contribution in [0, 0.1) is 11.3 Å². The Balaban J connectivity index is 2.69. The summed E-state index contributed by atoms with van der Waals surface area (Å²) in [6.45, 7) is 2.05. The molecule has 80 valence electrons. The van der Waals surface area contributed by atoms with Crippen LogP contribution < -0.4 is 4.74 Å². The third-order valence-corrected chi connectivity index (χ3v) is 2.20. The molecule has 0 heterocycles. The van der Waals surface area contributed by atoms with Crippen LogP contribution in [0.2, 0.25) is 5.02 Å². The van der Waals surface area contributed by atoms with Crippen LogP contribution in [0.15, 0.2) is 18.2 Å². The van der Waals surface area contributed by atoms with E-state index >= 15 is 0 Å². The van der Waals surface area contributed by atoms with E-state index in [1.165, 1.54) is 0 Å². The molecule has 0 aliphatic heterocycles. The Labute approximate surface area is 93.9 Å². The van der Waals surface area contributed by atoms with Gasteiger partial charge < -0.3 is 9.84 Å². The third kappa shape index (κ3) is 3.43. The molecule has 3 nitrogen and oxygen atoms in total. The summed E-state index contributed by atoms with van der Waals surface area (Å²) in [6.07, 6.45) is 0.118. The molecular weight excluding hydrogens is 214 g/mol. The molecule has 1 unspecified atom stereocenters. The van der Waals surface area contributed by atoms with E-state index in [-0.39, 0.29) is 0 Å². The third-order valence-electron chi connectivity index (χ3n) is 1.88. The van der Waals surface area contributed by atoms with E-state index in [0.717, 1.165) is 0 Å². The molecule has 0 saturated carbocycles. The summed E-state index contributed by atoms with van der Waals surface area (Å²) in [5.41, 5.74) is 0.338. The first kappa shape index (κ1) is 11.8. The smallest absolute Gasteiger partial charge is 0.138 e. The van der Waals surface area contributed by atoms with Gasteiger partial charge in [-0.25, -0.2) is 0 Å². The van der Waals surface area contributed by atoms with Gasteiger partial charge in [0.15, 0.2) is 0 Å². The van der Waals surface area contributed by atoms with E-state index in [1.54, 1.807) is 25.1 Å². The summed E-state index contributed by atoms with van der Waals surface area (Å²) in [4.78, 5) is 0. The van der Waals surface area contributed by atoms with Crippen molar-refractivity contribution in [1.29, 1.82) is 5.26 Å². The van der Waals surface area contributed by atoms with E-state index in [9.17, 15) is 0 Å². The van der Waals surface area contributed by atoms with E-state index in [0.29, 0.717) is 29.4 Å². The van der Waals surface area contributed by atoms with Crippen molar-refractivity contribution in [3.05, 3.63) is 28.8 Å². The summed E-state index contributed by atoms with van der Waals surface area (Å²) >= 11 is 5.82. The molecule has 0 amide bonds. The molecule has 1 rings (SSSR count). The molecule has 0 aromatic heterocycles. The van der Waals surface area contributed by atoms with Crippen LogP contribution in [0.3, 0.4) is 0 Å². The van der Waals surface area contributed by atoms with Gasteiger partial charge in [-0.3, -0.25) is 0 Å². The summed E-state index contributed by atoms with van der Waals surface area (Å²) in [5.74, 6) is 0.464. The minimum absolute atomic E-state index is 0.338. The van der Waals surface area contributed by atoms with E-state index in [4.69, 9.17) is 26.7 Å². The largest absolute Gasteiger partial charge is 0.492 e. The second-order valence-electron chi connectivity index (χ2n) is 3.21. The highest BCUT2D eigenvalue weighted by atomic mass is 35.5. The lowest BCUT2D eigenvalue weighted by molar-refractivity contribution is 0.155. The van der Waals surface area contributed by atoms with Crippen molar-refractivity contribution in [2.45, 2.75) is 19.4 Å². The number of nitriles is 1. The van der Waals surface area contributed by atoms with Gasteiger partial charge in [-0.05, 0) is 19.1 Å². The van der Waals surface area contributed by atoms with Crippen LogP contribution in [-0.4, -0.2) is 17.8 Å². The minimum Gasteiger partial charge on any atom is -0.492 e.